The Balaban J connectivity index is 2.23. The minimum atomic E-state index is -0.155. The van der Waals surface area contributed by atoms with Crippen molar-refractivity contribution in [1.82, 2.24) is 10.6 Å². The molecule has 1 aromatic carbocycles. The Morgan fingerprint density at radius 2 is 1.95 bits per heavy atom. The Kier molecular flexibility index (Phi) is 7.88. The lowest BCUT2D eigenvalue weighted by Crippen LogP contribution is -2.39. The van der Waals surface area contributed by atoms with Crippen molar-refractivity contribution in [3.63, 3.8) is 0 Å². The van der Waals surface area contributed by atoms with Gasteiger partial charge in [-0.05, 0) is 37.7 Å². The van der Waals surface area contributed by atoms with E-state index in [0.29, 0.717) is 10.7 Å². The van der Waals surface area contributed by atoms with Crippen LogP contribution in [0.25, 0.3) is 0 Å². The van der Waals surface area contributed by atoms with E-state index in [1.807, 2.05) is 25.1 Å². The molecule has 0 saturated heterocycles. The Labute approximate surface area is 127 Å². The number of aryl methyl sites for hydroxylation is 1. The summed E-state index contributed by atoms with van der Waals surface area (Å²) in [5.74, 6) is -0.155. The summed E-state index contributed by atoms with van der Waals surface area (Å²) in [6, 6.07) is 7.47. The summed E-state index contributed by atoms with van der Waals surface area (Å²) < 4.78 is 0. The predicted octanol–water partition coefficient (Wildman–Crippen LogP) is 3.57. The van der Waals surface area contributed by atoms with Crippen LogP contribution in [0.3, 0.4) is 0 Å². The second kappa shape index (κ2) is 9.48. The van der Waals surface area contributed by atoms with E-state index in [1.165, 1.54) is 25.7 Å². The standard InChI is InChI=1S/C16H24N2OS/c1-3-4-5-6-7-11-17-16(20)18-15(19)14-10-8-9-13(2)12-14/h8-10,12H,3-7,11H2,1-2H3,(H2,17,18,19,20). The molecule has 0 radical (unpaired) electrons. The fourth-order valence-electron chi connectivity index (χ4n) is 1.94. The molecular formula is C16H24N2OS. The monoisotopic (exact) mass is 292 g/mol. The van der Waals surface area contributed by atoms with Gasteiger partial charge in [-0.3, -0.25) is 10.1 Å². The normalized spacial score (nSPS) is 10.1. The Bertz CT molecular complexity index is 446. The molecule has 0 heterocycles. The number of nitrogens with one attached hydrogen (secondary N) is 2. The van der Waals surface area contributed by atoms with Crippen molar-refractivity contribution in [1.29, 1.82) is 0 Å². The van der Waals surface area contributed by atoms with Crippen molar-refractivity contribution in [2.24, 2.45) is 0 Å². The van der Waals surface area contributed by atoms with Gasteiger partial charge < -0.3 is 5.32 Å². The molecule has 0 aromatic heterocycles. The molecule has 0 aliphatic rings. The molecule has 0 saturated carbocycles. The molecule has 110 valence electrons. The molecular weight excluding hydrogens is 268 g/mol. The smallest absolute Gasteiger partial charge is 0.257 e. The van der Waals surface area contributed by atoms with E-state index < -0.39 is 0 Å². The van der Waals surface area contributed by atoms with E-state index in [1.54, 1.807) is 6.07 Å². The number of carbonyl (C=O) groups is 1. The molecule has 20 heavy (non-hydrogen) atoms. The van der Waals surface area contributed by atoms with Gasteiger partial charge in [-0.15, -0.1) is 0 Å². The molecule has 1 rings (SSSR count). The maximum absolute atomic E-state index is 11.9. The van der Waals surface area contributed by atoms with Crippen LogP contribution in [-0.2, 0) is 0 Å². The molecule has 0 fully saturated rings. The van der Waals surface area contributed by atoms with Gasteiger partial charge in [0.1, 0.15) is 0 Å². The lowest BCUT2D eigenvalue weighted by molar-refractivity contribution is 0.0976. The van der Waals surface area contributed by atoms with Crippen LogP contribution in [0.1, 0.15) is 54.9 Å². The SMILES string of the molecule is CCCCCCCNC(=S)NC(=O)c1cccc(C)c1. The highest BCUT2D eigenvalue weighted by molar-refractivity contribution is 7.80. The summed E-state index contributed by atoms with van der Waals surface area (Å²) in [6.07, 6.45) is 6.09. The fraction of sp³-hybridized carbons (Fsp3) is 0.500. The van der Waals surface area contributed by atoms with E-state index >= 15 is 0 Å². The van der Waals surface area contributed by atoms with Gasteiger partial charge in [0.05, 0.1) is 0 Å². The van der Waals surface area contributed by atoms with Crippen molar-refractivity contribution >= 4 is 23.2 Å². The largest absolute Gasteiger partial charge is 0.362 e. The fourth-order valence-corrected chi connectivity index (χ4v) is 2.13. The van der Waals surface area contributed by atoms with Crippen LogP contribution in [0.2, 0.25) is 0 Å². The van der Waals surface area contributed by atoms with Crippen LogP contribution in [0.4, 0.5) is 0 Å². The zero-order chi connectivity index (χ0) is 14.8. The van der Waals surface area contributed by atoms with Crippen LogP contribution in [0.15, 0.2) is 24.3 Å². The third-order valence-electron chi connectivity index (χ3n) is 3.07. The molecule has 0 aliphatic heterocycles. The second-order valence-electron chi connectivity index (χ2n) is 4.99. The molecule has 3 nitrogen and oxygen atoms in total. The first-order valence-corrected chi connectivity index (χ1v) is 7.70. The zero-order valence-corrected chi connectivity index (χ0v) is 13.2. The van der Waals surface area contributed by atoms with Crippen LogP contribution in [0.5, 0.6) is 0 Å². The van der Waals surface area contributed by atoms with E-state index in [2.05, 4.69) is 17.6 Å². The molecule has 2 N–H and O–H groups in total. The van der Waals surface area contributed by atoms with Gasteiger partial charge in [-0.2, -0.15) is 0 Å². The quantitative estimate of drug-likeness (QED) is 0.596. The molecule has 0 aliphatic carbocycles. The van der Waals surface area contributed by atoms with Gasteiger partial charge in [0.25, 0.3) is 5.91 Å². The van der Waals surface area contributed by atoms with Crippen LogP contribution in [-0.4, -0.2) is 17.6 Å². The predicted molar refractivity (Wildman–Crippen MR) is 88.0 cm³/mol. The minimum absolute atomic E-state index is 0.155. The van der Waals surface area contributed by atoms with Crippen LogP contribution < -0.4 is 10.6 Å². The number of hydrogen-bond donors (Lipinski definition) is 2. The van der Waals surface area contributed by atoms with Gasteiger partial charge in [0.15, 0.2) is 5.11 Å². The topological polar surface area (TPSA) is 41.1 Å². The summed E-state index contributed by atoms with van der Waals surface area (Å²) in [5.41, 5.74) is 1.70. The Morgan fingerprint density at radius 3 is 2.65 bits per heavy atom. The molecule has 1 amide bonds. The number of unbranched alkanes of at least 4 members (excludes halogenated alkanes) is 4. The van der Waals surface area contributed by atoms with Crippen LogP contribution in [0, 0.1) is 6.92 Å². The third kappa shape index (κ3) is 6.66. The van der Waals surface area contributed by atoms with E-state index in [0.717, 1.165) is 18.5 Å². The Hall–Kier alpha value is -1.42. The number of carbonyl (C=O) groups excluding carboxylic acids is 1. The number of benzene rings is 1. The molecule has 0 atom stereocenters. The van der Waals surface area contributed by atoms with Gasteiger partial charge in [-0.1, -0.05) is 50.3 Å². The molecule has 4 heteroatoms. The molecule has 1 aromatic rings. The zero-order valence-electron chi connectivity index (χ0n) is 12.4. The van der Waals surface area contributed by atoms with E-state index in [9.17, 15) is 4.79 Å². The van der Waals surface area contributed by atoms with Gasteiger partial charge in [0, 0.05) is 12.1 Å². The number of rotatable bonds is 7. The second-order valence-corrected chi connectivity index (χ2v) is 5.40. The first-order valence-electron chi connectivity index (χ1n) is 7.29. The average molecular weight is 292 g/mol. The average Bonchev–Trinajstić information content (AvgIpc) is 2.42. The van der Waals surface area contributed by atoms with Gasteiger partial charge in [-0.25, -0.2) is 0 Å². The summed E-state index contributed by atoms with van der Waals surface area (Å²) in [5, 5.41) is 6.19. The van der Waals surface area contributed by atoms with Gasteiger partial charge >= 0.3 is 0 Å². The van der Waals surface area contributed by atoms with E-state index in [-0.39, 0.29) is 5.91 Å². The molecule has 0 bridgehead atoms. The van der Waals surface area contributed by atoms with Crippen molar-refractivity contribution in [2.75, 3.05) is 6.54 Å². The summed E-state index contributed by atoms with van der Waals surface area (Å²) in [6.45, 7) is 4.98. The number of amides is 1. The lowest BCUT2D eigenvalue weighted by atomic mass is 10.1. The van der Waals surface area contributed by atoms with Crippen molar-refractivity contribution < 1.29 is 4.79 Å². The highest BCUT2D eigenvalue weighted by Crippen LogP contribution is 2.03. The summed E-state index contributed by atoms with van der Waals surface area (Å²) >= 11 is 5.12. The number of thiocarbonyl (C=S) groups is 1. The first-order chi connectivity index (χ1) is 9.63. The molecule has 0 unspecified atom stereocenters. The van der Waals surface area contributed by atoms with Gasteiger partial charge in [0.2, 0.25) is 0 Å². The highest BCUT2D eigenvalue weighted by atomic mass is 32.1. The maximum atomic E-state index is 11.9. The lowest BCUT2D eigenvalue weighted by Gasteiger charge is -2.09. The number of hydrogen-bond acceptors (Lipinski definition) is 2. The third-order valence-corrected chi connectivity index (χ3v) is 3.32. The van der Waals surface area contributed by atoms with Crippen molar-refractivity contribution in [2.45, 2.75) is 46.0 Å². The van der Waals surface area contributed by atoms with Crippen LogP contribution >= 0.6 is 12.2 Å². The maximum Gasteiger partial charge on any atom is 0.257 e. The first kappa shape index (κ1) is 16.6. The minimum Gasteiger partial charge on any atom is -0.362 e. The summed E-state index contributed by atoms with van der Waals surface area (Å²) in [4.78, 5) is 11.9. The highest BCUT2D eigenvalue weighted by Gasteiger charge is 2.07. The van der Waals surface area contributed by atoms with Crippen molar-refractivity contribution in [3.05, 3.63) is 35.4 Å². The molecule has 0 spiro atoms. The van der Waals surface area contributed by atoms with Crippen molar-refractivity contribution in [3.8, 4) is 0 Å². The van der Waals surface area contributed by atoms with E-state index in [4.69, 9.17) is 12.2 Å². The summed E-state index contributed by atoms with van der Waals surface area (Å²) in [7, 11) is 0. The Morgan fingerprint density at radius 1 is 1.20 bits per heavy atom.